The van der Waals surface area contributed by atoms with E-state index >= 15 is 0 Å². The highest BCUT2D eigenvalue weighted by Gasteiger charge is 2.09. The first-order valence-corrected chi connectivity index (χ1v) is 7.26. The fourth-order valence-corrected chi connectivity index (χ4v) is 2.65. The highest BCUT2D eigenvalue weighted by molar-refractivity contribution is 7.98. The third-order valence-corrected chi connectivity index (χ3v) is 3.76. The zero-order valence-corrected chi connectivity index (χ0v) is 11.9. The predicted molar refractivity (Wildman–Crippen MR) is 78.0 cm³/mol. The topological polar surface area (TPSA) is 56.5 Å². The number of tetrazole rings is 1. The second-order valence-corrected chi connectivity index (χ2v) is 5.34. The number of thioether (sulfide) groups is 1. The van der Waals surface area contributed by atoms with Gasteiger partial charge in [-0.1, -0.05) is 35.5 Å². The van der Waals surface area contributed by atoms with Crippen LogP contribution in [0.2, 0.25) is 5.02 Å². The van der Waals surface area contributed by atoms with E-state index in [0.29, 0.717) is 15.9 Å². The van der Waals surface area contributed by atoms with E-state index in [1.807, 2.05) is 42.5 Å². The zero-order chi connectivity index (χ0) is 13.8. The van der Waals surface area contributed by atoms with Gasteiger partial charge in [-0.05, 0) is 40.8 Å². The fourth-order valence-electron chi connectivity index (χ4n) is 1.66. The highest BCUT2D eigenvalue weighted by atomic mass is 35.5. The maximum atomic E-state index is 5.99. The molecule has 0 saturated heterocycles. The van der Waals surface area contributed by atoms with Gasteiger partial charge < -0.3 is 0 Å². The van der Waals surface area contributed by atoms with Crippen molar-refractivity contribution in [2.24, 2.45) is 0 Å². The van der Waals surface area contributed by atoms with Crippen LogP contribution < -0.4 is 0 Å². The third kappa shape index (κ3) is 2.97. The molecular weight excluding hydrogens is 294 g/mol. The molecule has 2 aromatic heterocycles. The molecule has 3 rings (SSSR count). The van der Waals surface area contributed by atoms with E-state index in [1.165, 1.54) is 11.8 Å². The first-order chi connectivity index (χ1) is 9.83. The summed E-state index contributed by atoms with van der Waals surface area (Å²) in [5.74, 6) is 0.710. The molecule has 0 saturated carbocycles. The number of hydrogen-bond acceptors (Lipinski definition) is 5. The molecular formula is C13H10ClN5S. The van der Waals surface area contributed by atoms with Gasteiger partial charge in [-0.15, -0.1) is 5.10 Å². The molecule has 0 bridgehead atoms. The lowest BCUT2D eigenvalue weighted by molar-refractivity contribution is 0.756. The molecule has 0 N–H and O–H groups in total. The summed E-state index contributed by atoms with van der Waals surface area (Å²) in [6, 6.07) is 13.2. The lowest BCUT2D eigenvalue weighted by Gasteiger charge is -2.04. The molecule has 0 aliphatic heterocycles. The molecule has 0 radical (unpaired) electrons. The van der Waals surface area contributed by atoms with Gasteiger partial charge in [0.15, 0.2) is 0 Å². The standard InChI is InChI=1S/C13H10ClN5S/c14-10-4-3-6-12(8-10)19-13(16-17-18-19)20-9-11-5-1-2-7-15-11/h1-8H,9H2. The number of rotatable bonds is 4. The molecule has 7 heteroatoms. The van der Waals surface area contributed by atoms with Crippen molar-refractivity contribution in [3.8, 4) is 5.69 Å². The van der Waals surface area contributed by atoms with Crippen LogP contribution in [0.4, 0.5) is 0 Å². The van der Waals surface area contributed by atoms with Crippen LogP contribution in [0.25, 0.3) is 5.69 Å². The highest BCUT2D eigenvalue weighted by Crippen LogP contribution is 2.22. The molecule has 0 unspecified atom stereocenters. The minimum atomic E-state index is 0.652. The predicted octanol–water partition coefficient (Wildman–Crippen LogP) is 3.00. The largest absolute Gasteiger partial charge is 0.260 e. The van der Waals surface area contributed by atoms with Gasteiger partial charge >= 0.3 is 0 Å². The minimum absolute atomic E-state index is 0.652. The van der Waals surface area contributed by atoms with Crippen molar-refractivity contribution in [2.75, 3.05) is 0 Å². The Morgan fingerprint density at radius 2 is 2.10 bits per heavy atom. The van der Waals surface area contributed by atoms with Gasteiger partial charge in [0.25, 0.3) is 0 Å². The number of halogens is 1. The number of benzene rings is 1. The Morgan fingerprint density at radius 3 is 2.90 bits per heavy atom. The average Bonchev–Trinajstić information content (AvgIpc) is 2.95. The van der Waals surface area contributed by atoms with Crippen molar-refractivity contribution >= 4 is 23.4 Å². The Bertz CT molecular complexity index is 701. The maximum absolute atomic E-state index is 5.99. The van der Waals surface area contributed by atoms with Crippen LogP contribution in [0, 0.1) is 0 Å². The summed E-state index contributed by atoms with van der Waals surface area (Å²) in [5.41, 5.74) is 1.82. The van der Waals surface area contributed by atoms with Gasteiger partial charge in [0, 0.05) is 17.0 Å². The minimum Gasteiger partial charge on any atom is -0.260 e. The van der Waals surface area contributed by atoms with E-state index < -0.39 is 0 Å². The summed E-state index contributed by atoms with van der Waals surface area (Å²) in [4.78, 5) is 4.27. The van der Waals surface area contributed by atoms with Crippen LogP contribution in [0.3, 0.4) is 0 Å². The van der Waals surface area contributed by atoms with Crippen LogP contribution in [0.15, 0.2) is 53.8 Å². The Kier molecular flexibility index (Phi) is 3.94. The third-order valence-electron chi connectivity index (χ3n) is 2.57. The Labute approximate surface area is 125 Å². The molecule has 1 aromatic carbocycles. The van der Waals surface area contributed by atoms with Gasteiger partial charge in [0.1, 0.15) is 0 Å². The SMILES string of the molecule is Clc1cccc(-n2nnnc2SCc2ccccn2)c1. The monoisotopic (exact) mass is 303 g/mol. The van der Waals surface area contributed by atoms with Gasteiger partial charge in [-0.2, -0.15) is 4.68 Å². The normalized spacial score (nSPS) is 10.7. The first-order valence-electron chi connectivity index (χ1n) is 5.90. The van der Waals surface area contributed by atoms with Crippen LogP contribution in [-0.2, 0) is 5.75 Å². The van der Waals surface area contributed by atoms with Crippen LogP contribution in [0.5, 0.6) is 0 Å². The summed E-state index contributed by atoms with van der Waals surface area (Å²) >= 11 is 7.52. The van der Waals surface area contributed by atoms with Crippen LogP contribution in [-0.4, -0.2) is 25.2 Å². The van der Waals surface area contributed by atoms with Crippen molar-refractivity contribution in [3.05, 3.63) is 59.4 Å². The molecule has 0 aliphatic carbocycles. The second kappa shape index (κ2) is 6.02. The maximum Gasteiger partial charge on any atom is 0.214 e. The molecule has 0 atom stereocenters. The number of aromatic nitrogens is 5. The lowest BCUT2D eigenvalue weighted by Crippen LogP contribution is -1.99. The van der Waals surface area contributed by atoms with E-state index in [9.17, 15) is 0 Å². The molecule has 0 aliphatic rings. The zero-order valence-electron chi connectivity index (χ0n) is 10.3. The molecule has 0 spiro atoms. The van der Waals surface area contributed by atoms with Crippen molar-refractivity contribution in [2.45, 2.75) is 10.9 Å². The number of nitrogens with zero attached hydrogens (tertiary/aromatic N) is 5. The van der Waals surface area contributed by atoms with Crippen LogP contribution in [0.1, 0.15) is 5.69 Å². The summed E-state index contributed by atoms with van der Waals surface area (Å²) < 4.78 is 1.67. The van der Waals surface area contributed by atoms with Gasteiger partial charge in [0.2, 0.25) is 5.16 Å². The van der Waals surface area contributed by atoms with E-state index in [0.717, 1.165) is 11.4 Å². The average molecular weight is 304 g/mol. The Morgan fingerprint density at radius 1 is 1.15 bits per heavy atom. The smallest absolute Gasteiger partial charge is 0.214 e. The quantitative estimate of drug-likeness (QED) is 0.694. The summed E-state index contributed by atoms with van der Waals surface area (Å²) in [6.45, 7) is 0. The summed E-state index contributed by atoms with van der Waals surface area (Å²) in [7, 11) is 0. The van der Waals surface area contributed by atoms with Crippen LogP contribution >= 0.6 is 23.4 Å². The number of pyridine rings is 1. The molecule has 20 heavy (non-hydrogen) atoms. The second-order valence-electron chi connectivity index (χ2n) is 3.96. The molecule has 3 aromatic rings. The molecule has 2 heterocycles. The lowest BCUT2D eigenvalue weighted by atomic mass is 10.3. The molecule has 0 amide bonds. The fraction of sp³-hybridized carbons (Fsp3) is 0.0769. The van der Waals surface area contributed by atoms with Crippen molar-refractivity contribution in [1.82, 2.24) is 25.2 Å². The van der Waals surface area contributed by atoms with Crippen molar-refractivity contribution in [3.63, 3.8) is 0 Å². The van der Waals surface area contributed by atoms with Gasteiger partial charge in [0.05, 0.1) is 11.4 Å². The Hall–Kier alpha value is -1.92. The Balaban J connectivity index is 1.80. The molecule has 5 nitrogen and oxygen atoms in total. The van der Waals surface area contributed by atoms with E-state index in [4.69, 9.17) is 11.6 Å². The van der Waals surface area contributed by atoms with Crippen molar-refractivity contribution < 1.29 is 0 Å². The van der Waals surface area contributed by atoms with Gasteiger partial charge in [-0.25, -0.2) is 0 Å². The first kappa shape index (κ1) is 13.1. The molecule has 0 fully saturated rings. The number of hydrogen-bond donors (Lipinski definition) is 0. The van der Waals surface area contributed by atoms with E-state index in [1.54, 1.807) is 10.9 Å². The summed E-state index contributed by atoms with van der Waals surface area (Å²) in [6.07, 6.45) is 1.77. The van der Waals surface area contributed by atoms with Gasteiger partial charge in [-0.3, -0.25) is 4.98 Å². The molecule has 100 valence electrons. The van der Waals surface area contributed by atoms with E-state index in [-0.39, 0.29) is 0 Å². The van der Waals surface area contributed by atoms with E-state index in [2.05, 4.69) is 20.5 Å². The summed E-state index contributed by atoms with van der Waals surface area (Å²) in [5, 5.41) is 13.1. The van der Waals surface area contributed by atoms with Crippen molar-refractivity contribution in [1.29, 1.82) is 0 Å².